The van der Waals surface area contributed by atoms with Crippen molar-refractivity contribution in [3.8, 4) is 20.9 Å². The lowest BCUT2D eigenvalue weighted by atomic mass is 9.33. The van der Waals surface area contributed by atoms with Crippen LogP contribution in [-0.2, 0) is 10.8 Å². The molecule has 11 aromatic rings. The van der Waals surface area contributed by atoms with Crippen LogP contribution < -0.4 is 26.2 Å². The zero-order chi connectivity index (χ0) is 46.4. The lowest BCUT2D eigenvalue weighted by Crippen LogP contribution is -2.60. The van der Waals surface area contributed by atoms with Gasteiger partial charge in [-0.2, -0.15) is 0 Å². The molecular formula is C61H51BN2S4. The second-order valence-corrected chi connectivity index (χ2v) is 25.4. The van der Waals surface area contributed by atoms with Crippen LogP contribution in [0.25, 0.3) is 61.2 Å². The molecule has 2 aliphatic rings. The Morgan fingerprint density at radius 2 is 0.853 bits per heavy atom. The lowest BCUT2D eigenvalue weighted by Gasteiger charge is -2.42. The molecule has 2 aliphatic heterocycles. The highest BCUT2D eigenvalue weighted by molar-refractivity contribution is 7.29. The summed E-state index contributed by atoms with van der Waals surface area (Å²) < 4.78 is 5.32. The van der Waals surface area contributed by atoms with Gasteiger partial charge in [-0.3, -0.25) is 0 Å². The quantitative estimate of drug-likeness (QED) is 0.159. The molecule has 4 aromatic heterocycles. The molecule has 2 nitrogen and oxygen atoms in total. The fourth-order valence-corrected chi connectivity index (χ4v) is 15.3. The van der Waals surface area contributed by atoms with Crippen LogP contribution in [0.2, 0.25) is 0 Å². The number of benzene rings is 7. The van der Waals surface area contributed by atoms with Gasteiger partial charge in [0, 0.05) is 51.3 Å². The minimum Gasteiger partial charge on any atom is -0.303 e. The van der Waals surface area contributed by atoms with Crippen LogP contribution in [0.4, 0.5) is 32.8 Å². The van der Waals surface area contributed by atoms with Crippen molar-refractivity contribution in [1.82, 2.24) is 0 Å². The second-order valence-electron chi connectivity index (χ2n) is 21.2. The van der Waals surface area contributed by atoms with Crippen LogP contribution in [-0.4, -0.2) is 6.71 Å². The maximum absolute atomic E-state index is 2.63. The van der Waals surface area contributed by atoms with Gasteiger partial charge >= 0.3 is 0 Å². The third-order valence-corrected chi connectivity index (χ3v) is 19.1. The number of nitrogens with zero attached hydrogens (tertiary/aromatic N) is 2. The molecule has 0 atom stereocenters. The molecule has 6 heterocycles. The predicted octanol–water partition coefficient (Wildman–Crippen LogP) is 17.7. The topological polar surface area (TPSA) is 6.48 Å². The van der Waals surface area contributed by atoms with Gasteiger partial charge in [-0.05, 0) is 155 Å². The summed E-state index contributed by atoms with van der Waals surface area (Å²) in [5.41, 5.74) is 15.8. The predicted molar refractivity (Wildman–Crippen MR) is 304 cm³/mol. The van der Waals surface area contributed by atoms with E-state index in [1.165, 1.54) is 127 Å². The number of thiophene rings is 4. The molecule has 0 N–H and O–H groups in total. The van der Waals surface area contributed by atoms with Gasteiger partial charge in [0.2, 0.25) is 0 Å². The number of hydrogen-bond acceptors (Lipinski definition) is 6. The number of hydrogen-bond donors (Lipinski definition) is 0. The van der Waals surface area contributed by atoms with E-state index >= 15 is 0 Å². The van der Waals surface area contributed by atoms with Gasteiger partial charge in [-0.25, -0.2) is 0 Å². The Kier molecular flexibility index (Phi) is 9.47. The molecule has 0 saturated carbocycles. The average molecular weight is 951 g/mol. The molecule has 0 radical (unpaired) electrons. The van der Waals surface area contributed by atoms with Crippen LogP contribution in [0.5, 0.6) is 0 Å². The monoisotopic (exact) mass is 950 g/mol. The zero-order valence-corrected chi connectivity index (χ0v) is 43.0. The fraction of sp³-hybridized carbons (Fsp3) is 0.180. The molecule has 0 bridgehead atoms. The molecule has 7 aromatic carbocycles. The molecule has 0 saturated heterocycles. The Labute approximate surface area is 415 Å². The Morgan fingerprint density at radius 1 is 0.426 bits per heavy atom. The summed E-state index contributed by atoms with van der Waals surface area (Å²) in [6.45, 7) is 18.8. The molecule has 0 fully saturated rings. The van der Waals surface area contributed by atoms with Gasteiger partial charge in [0.05, 0.1) is 10.0 Å². The van der Waals surface area contributed by atoms with E-state index in [4.69, 9.17) is 0 Å². The standard InChI is InChI=1S/C61H51BN2S4/c1-35(2)40-29-47-57-48(30-40)64(44-25-19-37(20-26-44)54-32-39-14-10-12-16-50(39)66-54)59-56(46-34-42(61(6,7)8)22-28-52(46)68-59)62(57)55-45-33-41(60(3,4)5)21-27-51(45)67-58(55)63(47)43-23-17-36(18-24-43)53-31-38-13-9-11-15-49(38)65-53/h9-35H,1-8H3. The summed E-state index contributed by atoms with van der Waals surface area (Å²) in [5.74, 6) is 0.320. The van der Waals surface area contributed by atoms with Crippen molar-refractivity contribution in [1.29, 1.82) is 0 Å². The van der Waals surface area contributed by atoms with Crippen molar-refractivity contribution >= 4 is 142 Å². The lowest BCUT2D eigenvalue weighted by molar-refractivity contribution is 0.591. The van der Waals surface area contributed by atoms with Crippen LogP contribution in [0.1, 0.15) is 78.0 Å². The molecule has 7 heteroatoms. The highest BCUT2D eigenvalue weighted by Gasteiger charge is 2.47. The van der Waals surface area contributed by atoms with E-state index in [2.05, 4.69) is 223 Å². The molecular weight excluding hydrogens is 900 g/mol. The molecule has 0 aliphatic carbocycles. The number of anilines is 6. The first-order valence-electron chi connectivity index (χ1n) is 23.9. The summed E-state index contributed by atoms with van der Waals surface area (Å²) >= 11 is 7.67. The van der Waals surface area contributed by atoms with Gasteiger partial charge in [0.15, 0.2) is 0 Å². The van der Waals surface area contributed by atoms with E-state index in [0.717, 1.165) is 0 Å². The third-order valence-electron chi connectivity index (χ3n) is 14.4. The minimum absolute atomic E-state index is 0.00222. The van der Waals surface area contributed by atoms with Gasteiger partial charge in [0.25, 0.3) is 6.71 Å². The van der Waals surface area contributed by atoms with Gasteiger partial charge in [-0.1, -0.05) is 140 Å². The summed E-state index contributed by atoms with van der Waals surface area (Å²) in [7, 11) is 0. The summed E-state index contributed by atoms with van der Waals surface area (Å²) in [5, 5.41) is 7.99. The first kappa shape index (κ1) is 42.2. The zero-order valence-electron chi connectivity index (χ0n) is 39.7. The Balaban J connectivity index is 1.09. The SMILES string of the molecule is CC(C)c1cc2c3c(c1)N(c1ccc(-c4cc5ccccc5s4)cc1)c1sc4ccc(C(C)(C)C)cc4c1B3c1c(sc3ccc(C(C)(C)C)cc13)N2c1ccc(-c2cc3ccccc3s2)cc1. The highest BCUT2D eigenvalue weighted by atomic mass is 32.1. The average Bonchev–Trinajstić information content (AvgIpc) is 4.13. The smallest absolute Gasteiger partial charge is 0.256 e. The van der Waals surface area contributed by atoms with E-state index in [1.807, 2.05) is 45.3 Å². The van der Waals surface area contributed by atoms with Crippen molar-refractivity contribution < 1.29 is 0 Å². The van der Waals surface area contributed by atoms with Gasteiger partial charge in [-0.15, -0.1) is 45.3 Å². The van der Waals surface area contributed by atoms with E-state index in [9.17, 15) is 0 Å². The number of rotatable bonds is 5. The molecule has 0 amide bonds. The van der Waals surface area contributed by atoms with Gasteiger partial charge < -0.3 is 9.80 Å². The molecule has 0 unspecified atom stereocenters. The van der Waals surface area contributed by atoms with Crippen molar-refractivity contribution in [2.24, 2.45) is 0 Å². The maximum atomic E-state index is 2.63. The minimum atomic E-state index is 0.00222. The first-order valence-corrected chi connectivity index (χ1v) is 27.1. The van der Waals surface area contributed by atoms with Crippen LogP contribution in [0, 0.1) is 0 Å². The van der Waals surface area contributed by atoms with Crippen molar-refractivity contribution in [3.05, 3.63) is 174 Å². The maximum Gasteiger partial charge on any atom is 0.256 e. The Hall–Kier alpha value is -5.96. The summed E-state index contributed by atoms with van der Waals surface area (Å²) in [6.07, 6.45) is 0. The van der Waals surface area contributed by atoms with Crippen LogP contribution >= 0.6 is 45.3 Å². The van der Waals surface area contributed by atoms with E-state index in [0.29, 0.717) is 5.92 Å². The summed E-state index contributed by atoms with van der Waals surface area (Å²) in [4.78, 5) is 7.87. The molecule has 68 heavy (non-hydrogen) atoms. The van der Waals surface area contributed by atoms with Crippen LogP contribution in [0.15, 0.2) is 158 Å². The highest BCUT2D eigenvalue weighted by Crippen LogP contribution is 2.52. The Bertz CT molecular complexity index is 3500. The largest absolute Gasteiger partial charge is 0.303 e. The normalized spacial score (nSPS) is 13.6. The first-order chi connectivity index (χ1) is 32.8. The van der Waals surface area contributed by atoms with Crippen molar-refractivity contribution in [3.63, 3.8) is 0 Å². The summed E-state index contributed by atoms with van der Waals surface area (Å²) in [6, 6.07) is 60.7. The van der Waals surface area contributed by atoms with Crippen molar-refractivity contribution in [2.45, 2.75) is 72.1 Å². The van der Waals surface area contributed by atoms with E-state index < -0.39 is 0 Å². The van der Waals surface area contributed by atoms with E-state index in [1.54, 1.807) is 0 Å². The second kappa shape index (κ2) is 15.3. The fourth-order valence-electron chi connectivity index (χ4n) is 10.6. The number of fused-ring (bicyclic) bond motifs is 10. The van der Waals surface area contributed by atoms with Crippen LogP contribution in [0.3, 0.4) is 0 Å². The van der Waals surface area contributed by atoms with Crippen molar-refractivity contribution in [2.75, 3.05) is 9.80 Å². The van der Waals surface area contributed by atoms with E-state index in [-0.39, 0.29) is 17.5 Å². The third kappa shape index (κ3) is 6.60. The Morgan fingerprint density at radius 3 is 1.25 bits per heavy atom. The molecule has 13 rings (SSSR count). The van der Waals surface area contributed by atoms with Gasteiger partial charge in [0.1, 0.15) is 0 Å². The molecule has 332 valence electrons. The molecule has 0 spiro atoms.